The molecule has 0 unspecified atom stereocenters. The van der Waals surface area contributed by atoms with E-state index in [1.54, 1.807) is 4.90 Å². The van der Waals surface area contributed by atoms with Gasteiger partial charge in [-0.25, -0.2) is 0 Å². The molecule has 140 valence electrons. The smallest absolute Gasteiger partial charge is 0.305 e. The fourth-order valence-electron chi connectivity index (χ4n) is 2.34. The summed E-state index contributed by atoms with van der Waals surface area (Å²) >= 11 is 6.59. The van der Waals surface area contributed by atoms with Gasteiger partial charge < -0.3 is 9.47 Å². The molecule has 7 heteroatoms. The van der Waals surface area contributed by atoms with Crippen LogP contribution in [0.2, 0.25) is 0 Å². The number of amides is 1. The van der Waals surface area contributed by atoms with Crippen molar-refractivity contribution in [2.45, 2.75) is 33.1 Å². The topological polar surface area (TPSA) is 55.8 Å². The molecule has 0 radical (unpaired) electrons. The number of thiocarbonyl (C=S) groups is 1. The van der Waals surface area contributed by atoms with Crippen LogP contribution in [-0.4, -0.2) is 40.9 Å². The van der Waals surface area contributed by atoms with Gasteiger partial charge in [-0.2, -0.15) is 0 Å². The van der Waals surface area contributed by atoms with E-state index in [1.807, 2.05) is 44.2 Å². The fourth-order valence-corrected chi connectivity index (χ4v) is 3.65. The van der Waals surface area contributed by atoms with Crippen molar-refractivity contribution < 1.29 is 19.1 Å². The third kappa shape index (κ3) is 5.85. The monoisotopic (exact) mass is 393 g/mol. The Kier molecular flexibility index (Phi) is 8.12. The summed E-state index contributed by atoms with van der Waals surface area (Å²) in [4.78, 5) is 26.2. The van der Waals surface area contributed by atoms with Gasteiger partial charge >= 0.3 is 5.97 Å². The van der Waals surface area contributed by atoms with Gasteiger partial charge in [-0.15, -0.1) is 0 Å². The van der Waals surface area contributed by atoms with Crippen molar-refractivity contribution in [2.75, 3.05) is 19.8 Å². The Morgan fingerprint density at radius 1 is 1.27 bits per heavy atom. The predicted molar refractivity (Wildman–Crippen MR) is 108 cm³/mol. The van der Waals surface area contributed by atoms with E-state index in [2.05, 4.69) is 0 Å². The lowest BCUT2D eigenvalue weighted by molar-refractivity contribution is -0.144. The van der Waals surface area contributed by atoms with Crippen molar-refractivity contribution in [3.63, 3.8) is 0 Å². The summed E-state index contributed by atoms with van der Waals surface area (Å²) in [6.07, 6.45) is 3.45. The van der Waals surface area contributed by atoms with Crippen molar-refractivity contribution in [3.8, 4) is 5.75 Å². The van der Waals surface area contributed by atoms with Crippen LogP contribution in [0.1, 0.15) is 38.7 Å². The van der Waals surface area contributed by atoms with Crippen LogP contribution in [0.5, 0.6) is 5.75 Å². The highest BCUT2D eigenvalue weighted by atomic mass is 32.2. The third-order valence-corrected chi connectivity index (χ3v) is 4.97. The number of ether oxygens (including phenoxy) is 2. The average Bonchev–Trinajstić information content (AvgIpc) is 2.89. The molecule has 0 spiro atoms. The van der Waals surface area contributed by atoms with Crippen LogP contribution in [-0.2, 0) is 14.3 Å². The van der Waals surface area contributed by atoms with Gasteiger partial charge in [0.05, 0.1) is 18.1 Å². The highest BCUT2D eigenvalue weighted by molar-refractivity contribution is 8.26. The van der Waals surface area contributed by atoms with Gasteiger partial charge in [0, 0.05) is 13.0 Å². The van der Waals surface area contributed by atoms with Crippen molar-refractivity contribution in [1.29, 1.82) is 0 Å². The predicted octanol–water partition coefficient (Wildman–Crippen LogP) is 4.02. The molecule has 1 aliphatic rings. The molecule has 0 N–H and O–H groups in total. The van der Waals surface area contributed by atoms with E-state index in [9.17, 15) is 9.59 Å². The number of benzene rings is 1. The second-order valence-corrected chi connectivity index (χ2v) is 7.34. The Bertz CT molecular complexity index is 685. The maximum atomic E-state index is 12.5. The SMILES string of the molecule is CCCOC(=O)CCCN1C(=O)/C(=C/c2ccc(OCC)cc2)SC1=S. The molecule has 0 saturated carbocycles. The average molecular weight is 394 g/mol. The number of hydrogen-bond donors (Lipinski definition) is 0. The quantitative estimate of drug-likeness (QED) is 0.359. The van der Waals surface area contributed by atoms with Crippen molar-refractivity contribution in [1.82, 2.24) is 4.90 Å². The van der Waals surface area contributed by atoms with Crippen LogP contribution in [0, 0.1) is 0 Å². The first-order valence-electron chi connectivity index (χ1n) is 8.69. The minimum atomic E-state index is -0.234. The Labute approximate surface area is 163 Å². The Morgan fingerprint density at radius 3 is 2.65 bits per heavy atom. The van der Waals surface area contributed by atoms with Crippen molar-refractivity contribution >= 4 is 46.3 Å². The molecule has 0 aliphatic carbocycles. The summed E-state index contributed by atoms with van der Waals surface area (Å²) in [6, 6.07) is 7.55. The van der Waals surface area contributed by atoms with Crippen LogP contribution in [0.4, 0.5) is 0 Å². The molecule has 1 aromatic rings. The summed E-state index contributed by atoms with van der Waals surface area (Å²) in [5, 5.41) is 0. The van der Waals surface area contributed by atoms with E-state index in [1.165, 1.54) is 11.8 Å². The molecule has 26 heavy (non-hydrogen) atoms. The molecule has 1 amide bonds. The molecular weight excluding hydrogens is 370 g/mol. The van der Waals surface area contributed by atoms with Gasteiger partial charge in [0.15, 0.2) is 0 Å². The minimum absolute atomic E-state index is 0.115. The van der Waals surface area contributed by atoms with Gasteiger partial charge in [0.25, 0.3) is 5.91 Å². The summed E-state index contributed by atoms with van der Waals surface area (Å²) < 4.78 is 11.0. The van der Waals surface area contributed by atoms with Crippen molar-refractivity contribution in [3.05, 3.63) is 34.7 Å². The van der Waals surface area contributed by atoms with Crippen molar-refractivity contribution in [2.24, 2.45) is 0 Å². The number of thioether (sulfide) groups is 1. The standard InChI is InChI=1S/C19H23NO4S2/c1-3-12-24-17(21)6-5-11-20-18(22)16(26-19(20)25)13-14-7-9-15(10-8-14)23-4-2/h7-10,13H,3-6,11-12H2,1-2H3/b16-13-. The number of carbonyl (C=O) groups excluding carboxylic acids is 2. The first-order valence-corrected chi connectivity index (χ1v) is 9.91. The van der Waals surface area contributed by atoms with Crippen LogP contribution in [0.15, 0.2) is 29.2 Å². The molecule has 1 fully saturated rings. The third-order valence-electron chi connectivity index (χ3n) is 3.59. The first kappa shape index (κ1) is 20.5. The molecule has 1 aliphatic heterocycles. The summed E-state index contributed by atoms with van der Waals surface area (Å²) in [6.45, 7) is 5.36. The lowest BCUT2D eigenvalue weighted by Crippen LogP contribution is -2.29. The van der Waals surface area contributed by atoms with Crippen LogP contribution in [0.3, 0.4) is 0 Å². The summed E-state index contributed by atoms with van der Waals surface area (Å²) in [7, 11) is 0. The lowest BCUT2D eigenvalue weighted by atomic mass is 10.2. The number of carbonyl (C=O) groups is 2. The van der Waals surface area contributed by atoms with Gasteiger partial charge in [0.2, 0.25) is 0 Å². The minimum Gasteiger partial charge on any atom is -0.494 e. The molecule has 2 rings (SSSR count). The molecule has 0 bridgehead atoms. The normalized spacial score (nSPS) is 15.6. The van der Waals surface area contributed by atoms with E-state index in [-0.39, 0.29) is 18.3 Å². The Balaban J connectivity index is 1.91. The van der Waals surface area contributed by atoms with E-state index < -0.39 is 0 Å². The zero-order valence-electron chi connectivity index (χ0n) is 15.0. The second-order valence-electron chi connectivity index (χ2n) is 5.66. The van der Waals surface area contributed by atoms with Crippen LogP contribution >= 0.6 is 24.0 Å². The lowest BCUT2D eigenvalue weighted by Gasteiger charge is -2.13. The fraction of sp³-hybridized carbons (Fsp3) is 0.421. The van der Waals surface area contributed by atoms with E-state index in [0.717, 1.165) is 17.7 Å². The molecule has 0 atom stereocenters. The van der Waals surface area contributed by atoms with Gasteiger partial charge in [-0.1, -0.05) is 43.0 Å². The molecule has 1 heterocycles. The number of hydrogen-bond acceptors (Lipinski definition) is 6. The van der Waals surface area contributed by atoms with E-state index >= 15 is 0 Å². The Hall–Kier alpha value is -1.86. The number of esters is 1. The van der Waals surface area contributed by atoms with Crippen LogP contribution < -0.4 is 4.74 Å². The number of rotatable bonds is 9. The summed E-state index contributed by atoms with van der Waals surface area (Å²) in [5.74, 6) is 0.449. The molecule has 5 nitrogen and oxygen atoms in total. The highest BCUT2D eigenvalue weighted by Gasteiger charge is 2.31. The van der Waals surface area contributed by atoms with Gasteiger partial charge in [-0.3, -0.25) is 14.5 Å². The maximum absolute atomic E-state index is 12.5. The number of nitrogens with zero attached hydrogens (tertiary/aromatic N) is 1. The Morgan fingerprint density at radius 2 is 2.00 bits per heavy atom. The highest BCUT2D eigenvalue weighted by Crippen LogP contribution is 2.33. The zero-order chi connectivity index (χ0) is 18.9. The van der Waals surface area contributed by atoms with E-state index in [4.69, 9.17) is 21.7 Å². The summed E-state index contributed by atoms with van der Waals surface area (Å²) in [5.41, 5.74) is 0.914. The van der Waals surface area contributed by atoms with Gasteiger partial charge in [0.1, 0.15) is 10.1 Å². The molecule has 1 aromatic carbocycles. The zero-order valence-corrected chi connectivity index (χ0v) is 16.7. The molecular formula is C19H23NO4S2. The first-order chi connectivity index (χ1) is 12.5. The van der Waals surface area contributed by atoms with Crippen LogP contribution in [0.25, 0.3) is 6.08 Å². The largest absolute Gasteiger partial charge is 0.494 e. The van der Waals surface area contributed by atoms with E-state index in [0.29, 0.717) is 35.4 Å². The molecule has 0 aromatic heterocycles. The molecule has 1 saturated heterocycles. The van der Waals surface area contributed by atoms with Gasteiger partial charge in [-0.05, 0) is 43.5 Å². The maximum Gasteiger partial charge on any atom is 0.305 e. The second kappa shape index (κ2) is 10.3.